The summed E-state index contributed by atoms with van der Waals surface area (Å²) in [4.78, 5) is 7.76. The normalized spacial score (nSPS) is 11.8. The van der Waals surface area contributed by atoms with E-state index in [1.807, 2.05) is 42.5 Å². The Morgan fingerprint density at radius 3 is 2.07 bits per heavy atom. The molecule has 0 unspecified atom stereocenters. The first-order chi connectivity index (χ1) is 14.6. The maximum Gasteiger partial charge on any atom is 0.231 e. The van der Waals surface area contributed by atoms with Crippen LogP contribution in [0.5, 0.6) is 0 Å². The summed E-state index contributed by atoms with van der Waals surface area (Å²) in [6, 6.07) is 18.1. The van der Waals surface area contributed by atoms with Gasteiger partial charge in [-0.05, 0) is 63.2 Å². The van der Waals surface area contributed by atoms with E-state index in [0.29, 0.717) is 5.13 Å². The van der Waals surface area contributed by atoms with E-state index in [0.717, 1.165) is 39.0 Å². The van der Waals surface area contributed by atoms with Gasteiger partial charge in [-0.1, -0.05) is 40.4 Å². The molecule has 0 bridgehead atoms. The fourth-order valence-corrected chi connectivity index (χ4v) is 4.79. The minimum atomic E-state index is 0.645. The van der Waals surface area contributed by atoms with Crippen molar-refractivity contribution in [1.82, 2.24) is 4.98 Å². The van der Waals surface area contributed by atoms with Crippen molar-refractivity contribution in [3.8, 4) is 0 Å². The second-order valence-corrected chi connectivity index (χ2v) is 8.69. The van der Waals surface area contributed by atoms with Gasteiger partial charge in [0.25, 0.3) is 0 Å². The number of aryl methyl sites for hydroxylation is 1. The summed E-state index contributed by atoms with van der Waals surface area (Å²) in [5.74, 6) is 0. The summed E-state index contributed by atoms with van der Waals surface area (Å²) in [5.41, 5.74) is 4.06. The van der Waals surface area contributed by atoms with E-state index >= 15 is 0 Å². The molecule has 4 aromatic rings. The van der Waals surface area contributed by atoms with Gasteiger partial charge in [-0.2, -0.15) is 0 Å². The average Bonchev–Trinajstić information content (AvgIpc) is 3.32. The lowest BCUT2D eigenvalue weighted by Crippen LogP contribution is -2.21. The molecule has 2 heterocycles. The highest BCUT2D eigenvalue weighted by Crippen LogP contribution is 2.39. The number of hydrogen-bond donors (Lipinski definition) is 0. The number of anilines is 1. The molecule has 0 spiro atoms. The van der Waals surface area contributed by atoms with Crippen LogP contribution in [0.4, 0.5) is 27.2 Å². The molecule has 0 aliphatic rings. The SMILES string of the molecule is CCN(CC)c1ccc(/N=N/c2nc3sc(/N=N/c4ccc(C)cc4)cc3s2)cc1. The molecule has 152 valence electrons. The molecule has 2 aromatic carbocycles. The van der Waals surface area contributed by atoms with Crippen LogP contribution in [0.2, 0.25) is 0 Å². The number of thiophene rings is 1. The van der Waals surface area contributed by atoms with E-state index in [1.165, 1.54) is 33.9 Å². The van der Waals surface area contributed by atoms with Crippen molar-refractivity contribution in [2.24, 2.45) is 20.5 Å². The Labute approximate surface area is 183 Å². The van der Waals surface area contributed by atoms with Gasteiger partial charge in [-0.15, -0.1) is 20.5 Å². The van der Waals surface area contributed by atoms with Crippen LogP contribution in [0.25, 0.3) is 9.53 Å². The predicted octanol–water partition coefficient (Wildman–Crippen LogP) is 8.34. The lowest BCUT2D eigenvalue weighted by atomic mass is 10.2. The molecule has 30 heavy (non-hydrogen) atoms. The number of benzene rings is 2. The molecule has 0 N–H and O–H groups in total. The maximum atomic E-state index is 4.55. The molecule has 0 aliphatic carbocycles. The van der Waals surface area contributed by atoms with Crippen molar-refractivity contribution in [3.05, 3.63) is 60.2 Å². The van der Waals surface area contributed by atoms with Gasteiger partial charge in [-0.3, -0.25) is 0 Å². The molecule has 0 amide bonds. The number of hydrogen-bond acceptors (Lipinski definition) is 8. The van der Waals surface area contributed by atoms with Crippen LogP contribution in [-0.4, -0.2) is 18.1 Å². The summed E-state index contributed by atoms with van der Waals surface area (Å²) in [7, 11) is 0. The minimum absolute atomic E-state index is 0.645. The Hall–Kier alpha value is -2.97. The second-order valence-electron chi connectivity index (χ2n) is 6.67. The summed E-state index contributed by atoms with van der Waals surface area (Å²) < 4.78 is 1.05. The molecular formula is C22H22N6S2. The summed E-state index contributed by atoms with van der Waals surface area (Å²) in [5, 5.41) is 18.7. The van der Waals surface area contributed by atoms with Crippen LogP contribution in [0.3, 0.4) is 0 Å². The third-order valence-electron chi connectivity index (χ3n) is 4.59. The molecule has 0 atom stereocenters. The van der Waals surface area contributed by atoms with Crippen LogP contribution in [0.1, 0.15) is 19.4 Å². The van der Waals surface area contributed by atoms with Gasteiger partial charge in [0.05, 0.1) is 16.1 Å². The van der Waals surface area contributed by atoms with Crippen molar-refractivity contribution in [3.63, 3.8) is 0 Å². The standard InChI is InChI=1S/C22H22N6S2/c1-4-28(5-2)18-12-10-17(11-13-18)25-27-22-23-21-19(29-22)14-20(30-21)26-24-16-8-6-15(3)7-9-16/h6-14H,4-5H2,1-3H3/b26-24+,27-25+. The molecule has 4 rings (SSSR count). The summed E-state index contributed by atoms with van der Waals surface area (Å²) >= 11 is 3.01. The molecule has 8 heteroatoms. The quantitative estimate of drug-likeness (QED) is 0.274. The highest BCUT2D eigenvalue weighted by atomic mass is 32.1. The van der Waals surface area contributed by atoms with Crippen LogP contribution in [-0.2, 0) is 0 Å². The molecule has 0 saturated heterocycles. The number of thiazole rings is 1. The maximum absolute atomic E-state index is 4.55. The van der Waals surface area contributed by atoms with Crippen LogP contribution in [0, 0.1) is 6.92 Å². The zero-order valence-electron chi connectivity index (χ0n) is 17.1. The Bertz CT molecular complexity index is 1140. The van der Waals surface area contributed by atoms with Gasteiger partial charge in [0, 0.05) is 18.8 Å². The number of azo groups is 2. The molecule has 0 fully saturated rings. The Balaban J connectivity index is 1.44. The van der Waals surface area contributed by atoms with Crippen molar-refractivity contribution in [2.75, 3.05) is 18.0 Å². The first-order valence-corrected chi connectivity index (χ1v) is 11.4. The van der Waals surface area contributed by atoms with Crippen molar-refractivity contribution in [1.29, 1.82) is 0 Å². The van der Waals surface area contributed by atoms with Crippen molar-refractivity contribution < 1.29 is 0 Å². The van der Waals surface area contributed by atoms with E-state index in [4.69, 9.17) is 0 Å². The van der Waals surface area contributed by atoms with E-state index in [2.05, 4.69) is 63.2 Å². The zero-order chi connectivity index (χ0) is 20.9. The molecule has 0 saturated carbocycles. The van der Waals surface area contributed by atoms with Gasteiger partial charge < -0.3 is 4.90 Å². The van der Waals surface area contributed by atoms with Crippen LogP contribution >= 0.6 is 22.7 Å². The largest absolute Gasteiger partial charge is 0.372 e. The number of fused-ring (bicyclic) bond motifs is 1. The smallest absolute Gasteiger partial charge is 0.231 e. The highest BCUT2D eigenvalue weighted by Gasteiger charge is 2.08. The van der Waals surface area contributed by atoms with E-state index in [-0.39, 0.29) is 0 Å². The zero-order valence-corrected chi connectivity index (χ0v) is 18.7. The highest BCUT2D eigenvalue weighted by molar-refractivity contribution is 7.30. The lowest BCUT2D eigenvalue weighted by Gasteiger charge is -2.20. The molecule has 2 aromatic heterocycles. The number of rotatable bonds is 7. The van der Waals surface area contributed by atoms with Gasteiger partial charge >= 0.3 is 0 Å². The minimum Gasteiger partial charge on any atom is -0.372 e. The monoisotopic (exact) mass is 434 g/mol. The molecular weight excluding hydrogens is 412 g/mol. The van der Waals surface area contributed by atoms with E-state index in [9.17, 15) is 0 Å². The lowest BCUT2D eigenvalue weighted by molar-refractivity contribution is 0.866. The Morgan fingerprint density at radius 2 is 1.43 bits per heavy atom. The Morgan fingerprint density at radius 1 is 0.800 bits per heavy atom. The van der Waals surface area contributed by atoms with E-state index in [1.54, 1.807) is 0 Å². The van der Waals surface area contributed by atoms with Gasteiger partial charge in [-0.25, -0.2) is 4.98 Å². The third kappa shape index (κ3) is 4.77. The summed E-state index contributed by atoms with van der Waals surface area (Å²) in [6.45, 7) is 8.33. The number of nitrogens with zero attached hydrogens (tertiary/aromatic N) is 6. The Kier molecular flexibility index (Phi) is 6.25. The molecule has 6 nitrogen and oxygen atoms in total. The second kappa shape index (κ2) is 9.23. The van der Waals surface area contributed by atoms with Crippen LogP contribution in [0.15, 0.2) is 75.1 Å². The average molecular weight is 435 g/mol. The van der Waals surface area contributed by atoms with Gasteiger partial charge in [0.15, 0.2) is 0 Å². The first-order valence-electron chi connectivity index (χ1n) is 9.80. The fraction of sp³-hybridized carbons (Fsp3) is 0.227. The van der Waals surface area contributed by atoms with Gasteiger partial charge in [0.1, 0.15) is 9.83 Å². The third-order valence-corrected chi connectivity index (χ3v) is 6.52. The van der Waals surface area contributed by atoms with Crippen molar-refractivity contribution in [2.45, 2.75) is 20.8 Å². The topological polar surface area (TPSA) is 65.6 Å². The molecule has 0 radical (unpaired) electrons. The first kappa shape index (κ1) is 20.3. The van der Waals surface area contributed by atoms with Crippen molar-refractivity contribution >= 4 is 59.4 Å². The van der Waals surface area contributed by atoms with Gasteiger partial charge in [0.2, 0.25) is 5.13 Å². The fourth-order valence-electron chi connectivity index (χ4n) is 2.94. The number of aromatic nitrogens is 1. The van der Waals surface area contributed by atoms with E-state index < -0.39 is 0 Å². The summed E-state index contributed by atoms with van der Waals surface area (Å²) in [6.07, 6.45) is 0. The predicted molar refractivity (Wildman–Crippen MR) is 127 cm³/mol. The van der Waals surface area contributed by atoms with Crippen LogP contribution < -0.4 is 4.90 Å². The molecule has 0 aliphatic heterocycles.